The lowest BCUT2D eigenvalue weighted by molar-refractivity contribution is -0.144. The second kappa shape index (κ2) is 11.8. The van der Waals surface area contributed by atoms with Crippen LogP contribution in [0, 0.1) is 12.8 Å². The van der Waals surface area contributed by atoms with E-state index in [4.69, 9.17) is 9.47 Å². The molecule has 4 rings (SSSR count). The van der Waals surface area contributed by atoms with Gasteiger partial charge in [0.05, 0.1) is 12.6 Å². The predicted octanol–water partition coefficient (Wildman–Crippen LogP) is 4.62. The summed E-state index contributed by atoms with van der Waals surface area (Å²) in [7, 11) is 1.67. The molecule has 34 heavy (non-hydrogen) atoms. The highest BCUT2D eigenvalue weighted by Gasteiger charge is 2.35. The monoisotopic (exact) mass is 484 g/mol. The van der Waals surface area contributed by atoms with Gasteiger partial charge in [0.2, 0.25) is 11.8 Å². The molecule has 1 saturated carbocycles. The minimum atomic E-state index is -0.149. The van der Waals surface area contributed by atoms with Crippen molar-refractivity contribution in [3.8, 4) is 5.75 Å². The van der Waals surface area contributed by atoms with Gasteiger partial charge in [-0.15, -0.1) is 11.3 Å². The van der Waals surface area contributed by atoms with Gasteiger partial charge in [-0.05, 0) is 61.2 Å². The van der Waals surface area contributed by atoms with Crippen LogP contribution < -0.4 is 4.74 Å². The molecule has 2 amide bonds. The van der Waals surface area contributed by atoms with Crippen molar-refractivity contribution in [3.05, 3.63) is 51.7 Å². The SMILES string of the molecule is COCCCN(CC(=O)N1CCc2sccc2[C@@H]1COc1ccccc1C)C(=O)C1CCCC1. The maximum Gasteiger partial charge on any atom is 0.242 e. The van der Waals surface area contributed by atoms with Crippen molar-refractivity contribution in [2.24, 2.45) is 5.92 Å². The molecule has 1 fully saturated rings. The van der Waals surface area contributed by atoms with E-state index in [2.05, 4.69) is 11.4 Å². The normalized spacial score (nSPS) is 18.1. The van der Waals surface area contributed by atoms with Crippen molar-refractivity contribution < 1.29 is 19.1 Å². The minimum Gasteiger partial charge on any atom is -0.491 e. The average molecular weight is 485 g/mol. The number of methoxy groups -OCH3 is 1. The van der Waals surface area contributed by atoms with Gasteiger partial charge >= 0.3 is 0 Å². The summed E-state index contributed by atoms with van der Waals surface area (Å²) < 4.78 is 11.4. The number of hydrogen-bond acceptors (Lipinski definition) is 5. The van der Waals surface area contributed by atoms with Crippen LogP contribution in [0.1, 0.15) is 54.1 Å². The van der Waals surface area contributed by atoms with Crippen molar-refractivity contribution >= 4 is 23.2 Å². The first-order valence-electron chi connectivity index (χ1n) is 12.4. The van der Waals surface area contributed by atoms with Gasteiger partial charge in [0.1, 0.15) is 12.4 Å². The van der Waals surface area contributed by atoms with Gasteiger partial charge in [0, 0.05) is 37.6 Å². The van der Waals surface area contributed by atoms with Crippen molar-refractivity contribution in [1.29, 1.82) is 0 Å². The Hall–Kier alpha value is -2.38. The Morgan fingerprint density at radius 3 is 2.74 bits per heavy atom. The van der Waals surface area contributed by atoms with E-state index in [1.54, 1.807) is 23.3 Å². The van der Waals surface area contributed by atoms with Crippen LogP contribution in [0.15, 0.2) is 35.7 Å². The molecule has 6 nitrogen and oxygen atoms in total. The Bertz CT molecular complexity index is 969. The van der Waals surface area contributed by atoms with Crippen LogP contribution in [0.4, 0.5) is 0 Å². The summed E-state index contributed by atoms with van der Waals surface area (Å²) in [6, 6.07) is 9.93. The molecular weight excluding hydrogens is 448 g/mol. The van der Waals surface area contributed by atoms with Gasteiger partial charge in [-0.3, -0.25) is 9.59 Å². The van der Waals surface area contributed by atoms with Crippen LogP contribution in [0.25, 0.3) is 0 Å². The van der Waals surface area contributed by atoms with Crippen molar-refractivity contribution in [2.75, 3.05) is 40.0 Å². The number of carbonyl (C=O) groups is 2. The first kappa shape index (κ1) is 24.7. The summed E-state index contributed by atoms with van der Waals surface area (Å²) in [4.78, 5) is 31.9. The summed E-state index contributed by atoms with van der Waals surface area (Å²) >= 11 is 1.74. The molecule has 0 N–H and O–H groups in total. The van der Waals surface area contributed by atoms with Gasteiger partial charge in [-0.25, -0.2) is 0 Å². The van der Waals surface area contributed by atoms with E-state index in [1.165, 1.54) is 10.4 Å². The molecule has 0 radical (unpaired) electrons. The van der Waals surface area contributed by atoms with Gasteiger partial charge in [0.15, 0.2) is 0 Å². The standard InChI is InChI=1S/C27H36N2O4S/c1-20-8-3-6-11-24(20)33-19-23-22-13-17-34-25(22)12-15-29(23)26(30)18-28(14-7-16-32-2)27(31)21-9-4-5-10-21/h3,6,8,11,13,17,21,23H,4-5,7,9-10,12,14-16,18-19H2,1-2H3/t23-/m0/s1. The molecule has 0 saturated heterocycles. The summed E-state index contributed by atoms with van der Waals surface area (Å²) in [5.74, 6) is 1.03. The molecule has 2 heterocycles. The Kier molecular flexibility index (Phi) is 8.62. The molecule has 2 aliphatic rings. The lowest BCUT2D eigenvalue weighted by Crippen LogP contribution is -2.49. The fourth-order valence-corrected chi connectivity index (χ4v) is 6.04. The number of aryl methyl sites for hydroxylation is 1. The smallest absolute Gasteiger partial charge is 0.242 e. The molecule has 0 spiro atoms. The maximum atomic E-state index is 13.6. The van der Waals surface area contributed by atoms with Crippen LogP contribution in [0.3, 0.4) is 0 Å². The highest BCUT2D eigenvalue weighted by atomic mass is 32.1. The first-order chi connectivity index (χ1) is 16.6. The lowest BCUT2D eigenvalue weighted by Gasteiger charge is -2.37. The molecule has 1 aliphatic carbocycles. The third-order valence-electron chi connectivity index (χ3n) is 7.02. The highest BCUT2D eigenvalue weighted by Crippen LogP contribution is 2.34. The number of amides is 2. The van der Waals surface area contributed by atoms with E-state index in [9.17, 15) is 9.59 Å². The Morgan fingerprint density at radius 2 is 1.97 bits per heavy atom. The summed E-state index contributed by atoms with van der Waals surface area (Å²) in [5, 5.41) is 2.10. The van der Waals surface area contributed by atoms with Gasteiger partial charge < -0.3 is 19.3 Å². The molecule has 2 aromatic rings. The number of benzene rings is 1. The largest absolute Gasteiger partial charge is 0.491 e. The fourth-order valence-electron chi connectivity index (χ4n) is 5.11. The summed E-state index contributed by atoms with van der Waals surface area (Å²) in [6.45, 7) is 4.34. The average Bonchev–Trinajstić information content (AvgIpc) is 3.54. The van der Waals surface area contributed by atoms with Crippen LogP contribution in [-0.2, 0) is 20.7 Å². The highest BCUT2D eigenvalue weighted by molar-refractivity contribution is 7.10. The number of rotatable bonds is 10. The topological polar surface area (TPSA) is 59.1 Å². The van der Waals surface area contributed by atoms with E-state index >= 15 is 0 Å². The van der Waals surface area contributed by atoms with Crippen LogP contribution in [-0.4, -0.2) is 61.6 Å². The Morgan fingerprint density at radius 1 is 1.18 bits per heavy atom. The fraction of sp³-hybridized carbons (Fsp3) is 0.556. The lowest BCUT2D eigenvalue weighted by atomic mass is 10.00. The van der Waals surface area contributed by atoms with Gasteiger partial charge in [-0.1, -0.05) is 31.0 Å². The number of nitrogens with zero attached hydrogens (tertiary/aromatic N) is 2. The van der Waals surface area contributed by atoms with Crippen molar-refractivity contribution in [3.63, 3.8) is 0 Å². The van der Waals surface area contributed by atoms with Crippen LogP contribution in [0.2, 0.25) is 0 Å². The first-order valence-corrected chi connectivity index (χ1v) is 13.3. The predicted molar refractivity (Wildman–Crippen MR) is 134 cm³/mol. The van der Waals surface area contributed by atoms with Crippen LogP contribution >= 0.6 is 11.3 Å². The van der Waals surface area contributed by atoms with Crippen molar-refractivity contribution in [2.45, 2.75) is 51.5 Å². The molecule has 1 atom stereocenters. The zero-order valence-corrected chi connectivity index (χ0v) is 21.1. The number of carbonyl (C=O) groups excluding carboxylic acids is 2. The molecule has 0 bridgehead atoms. The number of fused-ring (bicyclic) bond motifs is 1. The van der Waals surface area contributed by atoms with E-state index in [1.807, 2.05) is 36.1 Å². The number of para-hydroxylation sites is 1. The third-order valence-corrected chi connectivity index (χ3v) is 8.02. The van der Waals surface area contributed by atoms with Gasteiger partial charge in [-0.2, -0.15) is 0 Å². The zero-order chi connectivity index (χ0) is 23.9. The van der Waals surface area contributed by atoms with Crippen molar-refractivity contribution in [1.82, 2.24) is 9.80 Å². The molecule has 1 aliphatic heterocycles. The number of hydrogen-bond donors (Lipinski definition) is 0. The molecule has 1 aromatic carbocycles. The Balaban J connectivity index is 1.49. The second-order valence-corrected chi connectivity index (χ2v) is 10.3. The third kappa shape index (κ3) is 5.81. The zero-order valence-electron chi connectivity index (χ0n) is 20.3. The maximum absolute atomic E-state index is 13.6. The van der Waals surface area contributed by atoms with Crippen LogP contribution in [0.5, 0.6) is 5.75 Å². The quantitative estimate of drug-likeness (QED) is 0.462. The Labute approximate surface area is 206 Å². The van der Waals surface area contributed by atoms with E-state index in [0.29, 0.717) is 26.3 Å². The summed E-state index contributed by atoms with van der Waals surface area (Å²) in [6.07, 6.45) is 5.64. The van der Waals surface area contributed by atoms with Gasteiger partial charge in [0.25, 0.3) is 0 Å². The minimum absolute atomic E-state index is 0.000928. The molecule has 7 heteroatoms. The molecule has 0 unspecified atom stereocenters. The second-order valence-electron chi connectivity index (χ2n) is 9.32. The molecular formula is C27H36N2O4S. The number of ether oxygens (including phenoxy) is 2. The van der Waals surface area contributed by atoms with E-state index < -0.39 is 0 Å². The molecule has 1 aromatic heterocycles. The number of thiophene rings is 1. The molecule has 184 valence electrons. The van der Waals surface area contributed by atoms with E-state index in [0.717, 1.165) is 49.8 Å². The summed E-state index contributed by atoms with van der Waals surface area (Å²) in [5.41, 5.74) is 2.25. The van der Waals surface area contributed by atoms with E-state index in [-0.39, 0.29) is 30.3 Å².